The second kappa shape index (κ2) is 6.51. The van der Waals surface area contributed by atoms with Gasteiger partial charge in [-0.2, -0.15) is 4.31 Å². The smallest absolute Gasteiger partial charge is 0.228 e. The predicted molar refractivity (Wildman–Crippen MR) is 76.1 cm³/mol. The normalized spacial score (nSPS) is 19.2. The molecule has 6 nitrogen and oxygen atoms in total. The third kappa shape index (κ3) is 5.76. The van der Waals surface area contributed by atoms with Crippen LogP contribution in [0.5, 0.6) is 0 Å². The zero-order valence-corrected chi connectivity index (χ0v) is 13.4. The van der Waals surface area contributed by atoms with E-state index in [1.54, 1.807) is 13.8 Å². The number of nitrogens with zero attached hydrogens (tertiary/aromatic N) is 1. The van der Waals surface area contributed by atoms with Crippen LogP contribution in [0.15, 0.2) is 0 Å². The van der Waals surface area contributed by atoms with Crippen LogP contribution >= 0.6 is 0 Å². The van der Waals surface area contributed by atoms with Gasteiger partial charge in [0.2, 0.25) is 10.0 Å². The molecule has 1 N–H and O–H groups in total. The van der Waals surface area contributed by atoms with E-state index in [2.05, 4.69) is 5.32 Å². The molecule has 0 aliphatic carbocycles. The number of sulfonamides is 1. The van der Waals surface area contributed by atoms with E-state index in [0.717, 1.165) is 32.2 Å². The molecule has 19 heavy (non-hydrogen) atoms. The van der Waals surface area contributed by atoms with Crippen molar-refractivity contribution in [3.8, 4) is 0 Å². The van der Waals surface area contributed by atoms with Crippen LogP contribution in [0.25, 0.3) is 0 Å². The van der Waals surface area contributed by atoms with Gasteiger partial charge in [0.05, 0.1) is 0 Å². The summed E-state index contributed by atoms with van der Waals surface area (Å²) in [6.45, 7) is 5.75. The maximum atomic E-state index is 12.2. The Hall–Kier alpha value is -0.180. The van der Waals surface area contributed by atoms with E-state index in [9.17, 15) is 16.8 Å². The van der Waals surface area contributed by atoms with Crippen molar-refractivity contribution in [1.82, 2.24) is 9.62 Å². The average molecular weight is 312 g/mol. The van der Waals surface area contributed by atoms with E-state index < -0.39 is 24.9 Å². The molecule has 0 atom stereocenters. The van der Waals surface area contributed by atoms with Gasteiger partial charge in [0, 0.05) is 18.8 Å². The number of hydrogen-bond donors (Lipinski definition) is 1. The summed E-state index contributed by atoms with van der Waals surface area (Å²) in [6, 6.07) is -0.221. The van der Waals surface area contributed by atoms with Crippen LogP contribution in [-0.2, 0) is 19.9 Å². The van der Waals surface area contributed by atoms with Crippen LogP contribution in [0, 0.1) is 5.92 Å². The molecule has 0 aromatic carbocycles. The van der Waals surface area contributed by atoms with Crippen molar-refractivity contribution < 1.29 is 16.8 Å². The molecule has 114 valence electrons. The first-order valence-electron chi connectivity index (χ1n) is 6.50. The van der Waals surface area contributed by atoms with Crippen LogP contribution in [0.3, 0.4) is 0 Å². The molecule has 1 aliphatic rings. The van der Waals surface area contributed by atoms with Crippen molar-refractivity contribution in [1.29, 1.82) is 0 Å². The number of rotatable bonds is 6. The van der Waals surface area contributed by atoms with Gasteiger partial charge >= 0.3 is 0 Å². The van der Waals surface area contributed by atoms with Crippen LogP contribution in [0.4, 0.5) is 0 Å². The predicted octanol–water partition coefficient (Wildman–Crippen LogP) is 0.0283. The lowest BCUT2D eigenvalue weighted by Crippen LogP contribution is -2.44. The number of hydrogen-bond acceptors (Lipinski definition) is 5. The molecule has 1 heterocycles. The van der Waals surface area contributed by atoms with Gasteiger partial charge in [0.15, 0.2) is 14.9 Å². The van der Waals surface area contributed by atoms with Gasteiger partial charge in [-0.3, -0.25) is 0 Å². The summed E-state index contributed by atoms with van der Waals surface area (Å²) in [4.78, 5) is 0. The van der Waals surface area contributed by atoms with Crippen molar-refractivity contribution in [2.24, 2.45) is 5.92 Å². The maximum absolute atomic E-state index is 12.2. The van der Waals surface area contributed by atoms with Crippen molar-refractivity contribution in [3.63, 3.8) is 0 Å². The molecular formula is C11H24N2O4S2. The zero-order valence-electron chi connectivity index (χ0n) is 11.8. The maximum Gasteiger partial charge on any atom is 0.228 e. The van der Waals surface area contributed by atoms with E-state index in [-0.39, 0.29) is 6.04 Å². The molecule has 1 saturated heterocycles. The van der Waals surface area contributed by atoms with Crippen LogP contribution in [0.1, 0.15) is 26.7 Å². The fourth-order valence-electron chi connectivity index (χ4n) is 2.30. The minimum atomic E-state index is -3.75. The van der Waals surface area contributed by atoms with Crippen molar-refractivity contribution in [2.45, 2.75) is 32.7 Å². The Balaban J connectivity index is 2.81. The lowest BCUT2D eigenvalue weighted by molar-refractivity contribution is 0.261. The molecule has 1 aliphatic heterocycles. The van der Waals surface area contributed by atoms with Crippen LogP contribution < -0.4 is 5.32 Å². The summed E-state index contributed by atoms with van der Waals surface area (Å²) in [5.41, 5.74) is 0. The highest BCUT2D eigenvalue weighted by Gasteiger charge is 2.31. The average Bonchev–Trinajstić information content (AvgIpc) is 2.23. The Bertz CT molecular complexity index is 479. The van der Waals surface area contributed by atoms with Gasteiger partial charge in [0.25, 0.3) is 0 Å². The number of sulfone groups is 1. The van der Waals surface area contributed by atoms with Gasteiger partial charge < -0.3 is 5.32 Å². The third-order valence-corrected chi connectivity index (χ3v) is 7.38. The Kier molecular flexibility index (Phi) is 5.78. The summed E-state index contributed by atoms with van der Waals surface area (Å²) in [5.74, 6) is 0.304. The summed E-state index contributed by atoms with van der Waals surface area (Å²) in [7, 11) is -7.30. The van der Waals surface area contributed by atoms with Gasteiger partial charge in [-0.1, -0.05) is 0 Å². The first-order chi connectivity index (χ1) is 8.62. The van der Waals surface area contributed by atoms with Gasteiger partial charge in [0.1, 0.15) is 0 Å². The van der Waals surface area contributed by atoms with Crippen LogP contribution in [-0.4, -0.2) is 58.2 Å². The molecule has 1 rings (SSSR count). The standard InChI is InChI=1S/C11H24N2O4S2/c1-10(2)13(8-11-4-6-12-7-5-11)19(16,17)9-18(3,14)15/h10-12H,4-9H2,1-3H3. The molecule has 0 aromatic heterocycles. The summed E-state index contributed by atoms with van der Waals surface area (Å²) in [6.07, 6.45) is 2.81. The SMILES string of the molecule is CC(C)N(CC1CCNCC1)S(=O)(=O)CS(C)(=O)=O. The highest BCUT2D eigenvalue weighted by Crippen LogP contribution is 2.18. The van der Waals surface area contributed by atoms with Gasteiger partial charge in [-0.25, -0.2) is 16.8 Å². The largest absolute Gasteiger partial charge is 0.317 e. The molecule has 0 unspecified atom stereocenters. The van der Waals surface area contributed by atoms with E-state index in [0.29, 0.717) is 12.5 Å². The highest BCUT2D eigenvalue weighted by molar-refractivity contribution is 8.06. The fraction of sp³-hybridized carbons (Fsp3) is 1.00. The number of nitrogens with one attached hydrogen (secondary N) is 1. The molecule has 0 aromatic rings. The van der Waals surface area contributed by atoms with E-state index in [1.165, 1.54) is 4.31 Å². The molecule has 0 bridgehead atoms. The Morgan fingerprint density at radius 1 is 1.16 bits per heavy atom. The quantitative estimate of drug-likeness (QED) is 0.748. The molecule has 0 amide bonds. The molecule has 1 fully saturated rings. The van der Waals surface area contributed by atoms with E-state index in [4.69, 9.17) is 0 Å². The minimum Gasteiger partial charge on any atom is -0.317 e. The summed E-state index contributed by atoms with van der Waals surface area (Å²) in [5, 5.41) is 2.43. The summed E-state index contributed by atoms with van der Waals surface area (Å²) < 4.78 is 48.2. The zero-order chi connectivity index (χ0) is 14.7. The van der Waals surface area contributed by atoms with E-state index in [1.807, 2.05) is 0 Å². The molecule has 0 saturated carbocycles. The van der Waals surface area contributed by atoms with Crippen molar-refractivity contribution in [2.75, 3.05) is 31.0 Å². The van der Waals surface area contributed by atoms with Crippen molar-refractivity contribution >= 4 is 19.9 Å². The Labute approximate surface area is 116 Å². The third-order valence-electron chi connectivity index (χ3n) is 3.19. The Morgan fingerprint density at radius 3 is 2.11 bits per heavy atom. The van der Waals surface area contributed by atoms with Gasteiger partial charge in [-0.05, 0) is 45.7 Å². The first-order valence-corrected chi connectivity index (χ1v) is 10.2. The fourth-order valence-corrected chi connectivity index (χ4v) is 6.09. The molecule has 0 radical (unpaired) electrons. The second-order valence-electron chi connectivity index (χ2n) is 5.51. The molecular weight excluding hydrogens is 288 g/mol. The topological polar surface area (TPSA) is 83.6 Å². The van der Waals surface area contributed by atoms with Crippen molar-refractivity contribution in [3.05, 3.63) is 0 Å². The van der Waals surface area contributed by atoms with Crippen LogP contribution in [0.2, 0.25) is 0 Å². The lowest BCUT2D eigenvalue weighted by Gasteiger charge is -2.31. The van der Waals surface area contributed by atoms with E-state index >= 15 is 0 Å². The molecule has 8 heteroatoms. The van der Waals surface area contributed by atoms with Gasteiger partial charge in [-0.15, -0.1) is 0 Å². The minimum absolute atomic E-state index is 0.221. The highest BCUT2D eigenvalue weighted by atomic mass is 32.3. The lowest BCUT2D eigenvalue weighted by atomic mass is 9.98. The molecule has 0 spiro atoms. The first kappa shape index (κ1) is 16.9. The summed E-state index contributed by atoms with van der Waals surface area (Å²) >= 11 is 0. The number of piperidine rings is 1. The Morgan fingerprint density at radius 2 is 1.68 bits per heavy atom. The second-order valence-corrected chi connectivity index (χ2v) is 9.94. The monoisotopic (exact) mass is 312 g/mol.